The monoisotopic (exact) mass is 506 g/mol. The van der Waals surface area contributed by atoms with Gasteiger partial charge in [0.15, 0.2) is 23.1 Å². The van der Waals surface area contributed by atoms with E-state index in [-0.39, 0.29) is 35.3 Å². The molecule has 0 radical (unpaired) electrons. The van der Waals surface area contributed by atoms with Crippen molar-refractivity contribution >= 4 is 5.91 Å². The van der Waals surface area contributed by atoms with Gasteiger partial charge in [0.25, 0.3) is 0 Å². The molecular formula is C26H26N4O7. The minimum absolute atomic E-state index is 0.0966. The summed E-state index contributed by atoms with van der Waals surface area (Å²) in [4.78, 5) is 39.9. The Morgan fingerprint density at radius 1 is 1.14 bits per heavy atom. The summed E-state index contributed by atoms with van der Waals surface area (Å²) in [6.07, 6.45) is 0.101. The number of phenolic OH excluding ortho intramolecular Hbond substituents is 1. The van der Waals surface area contributed by atoms with Gasteiger partial charge in [-0.1, -0.05) is 36.4 Å². The van der Waals surface area contributed by atoms with Gasteiger partial charge in [0.1, 0.15) is 5.76 Å². The van der Waals surface area contributed by atoms with Crippen molar-refractivity contribution in [1.82, 2.24) is 20.5 Å². The third-order valence-electron chi connectivity index (χ3n) is 5.85. The van der Waals surface area contributed by atoms with Gasteiger partial charge in [0, 0.05) is 12.5 Å². The number of rotatable bonds is 9. The van der Waals surface area contributed by atoms with Crippen molar-refractivity contribution in [2.24, 2.45) is 0 Å². The van der Waals surface area contributed by atoms with Crippen LogP contribution < -0.4 is 21.2 Å². The van der Waals surface area contributed by atoms with E-state index in [4.69, 9.17) is 9.15 Å². The van der Waals surface area contributed by atoms with E-state index in [2.05, 4.69) is 20.5 Å². The molecule has 0 fully saturated rings. The van der Waals surface area contributed by atoms with Crippen molar-refractivity contribution in [3.8, 4) is 17.2 Å². The normalized spacial score (nSPS) is 12.6. The Balaban J connectivity index is 1.69. The van der Waals surface area contributed by atoms with Crippen LogP contribution in [0.3, 0.4) is 0 Å². The van der Waals surface area contributed by atoms with Crippen molar-refractivity contribution in [1.29, 1.82) is 0 Å². The largest absolute Gasteiger partial charge is 0.504 e. The summed E-state index contributed by atoms with van der Waals surface area (Å²) >= 11 is 0. The molecule has 1 amide bonds. The molecule has 2 atom stereocenters. The Bertz CT molecular complexity index is 1510. The lowest BCUT2D eigenvalue weighted by Crippen LogP contribution is -2.32. The smallest absolute Gasteiger partial charge is 0.340 e. The Morgan fingerprint density at radius 3 is 2.57 bits per heavy atom. The maximum absolute atomic E-state index is 13.4. The van der Waals surface area contributed by atoms with Gasteiger partial charge < -0.3 is 24.7 Å². The van der Waals surface area contributed by atoms with Crippen LogP contribution >= 0.6 is 0 Å². The zero-order valence-corrected chi connectivity index (χ0v) is 20.1. The van der Waals surface area contributed by atoms with Gasteiger partial charge in [-0.3, -0.25) is 14.6 Å². The van der Waals surface area contributed by atoms with Gasteiger partial charge in [0.2, 0.25) is 17.1 Å². The summed E-state index contributed by atoms with van der Waals surface area (Å²) in [6.45, 7) is 1.56. The fraction of sp³-hybridized carbons (Fsp3) is 0.231. The van der Waals surface area contributed by atoms with Crippen molar-refractivity contribution < 1.29 is 24.2 Å². The van der Waals surface area contributed by atoms with Crippen molar-refractivity contribution in [3.63, 3.8) is 0 Å². The number of phenols is 1. The maximum Gasteiger partial charge on any atom is 0.340 e. The van der Waals surface area contributed by atoms with Crippen LogP contribution in [0.2, 0.25) is 0 Å². The molecule has 11 nitrogen and oxygen atoms in total. The number of nitrogens with one attached hydrogen (secondary N) is 3. The Kier molecular flexibility index (Phi) is 7.42. The third-order valence-corrected chi connectivity index (χ3v) is 5.85. The Labute approximate surface area is 210 Å². The van der Waals surface area contributed by atoms with Gasteiger partial charge >= 0.3 is 5.69 Å². The lowest BCUT2D eigenvalue weighted by molar-refractivity contribution is -0.122. The van der Waals surface area contributed by atoms with Gasteiger partial charge in [-0.2, -0.15) is 5.10 Å². The second-order valence-corrected chi connectivity index (χ2v) is 8.49. The number of benzene rings is 2. The number of aromatic hydroxyl groups is 2. The van der Waals surface area contributed by atoms with Crippen LogP contribution in [-0.2, 0) is 11.2 Å². The zero-order valence-electron chi connectivity index (χ0n) is 20.1. The summed E-state index contributed by atoms with van der Waals surface area (Å²) in [6, 6.07) is 14.3. The average molecular weight is 507 g/mol. The first-order chi connectivity index (χ1) is 17.7. The first-order valence-corrected chi connectivity index (χ1v) is 11.4. The van der Waals surface area contributed by atoms with E-state index in [1.165, 1.54) is 19.2 Å². The Morgan fingerprint density at radius 2 is 1.89 bits per heavy atom. The number of aromatic amines is 2. The zero-order chi connectivity index (χ0) is 26.5. The molecule has 0 spiro atoms. The predicted octanol–water partition coefficient (Wildman–Crippen LogP) is 2.40. The fourth-order valence-corrected chi connectivity index (χ4v) is 4.09. The second-order valence-electron chi connectivity index (χ2n) is 8.49. The number of carbonyl (C=O) groups is 1. The maximum atomic E-state index is 13.4. The van der Waals surface area contributed by atoms with Crippen LogP contribution in [0.1, 0.15) is 46.9 Å². The van der Waals surface area contributed by atoms with Gasteiger partial charge in [-0.05, 0) is 36.6 Å². The number of carbonyl (C=O) groups excluding carboxylic acids is 1. The van der Waals surface area contributed by atoms with Crippen LogP contribution in [0, 0.1) is 6.92 Å². The van der Waals surface area contributed by atoms with Crippen LogP contribution in [-0.4, -0.2) is 38.4 Å². The molecule has 2 heterocycles. The highest BCUT2D eigenvalue weighted by Gasteiger charge is 2.28. The number of aryl methyl sites for hydroxylation is 1. The summed E-state index contributed by atoms with van der Waals surface area (Å²) < 4.78 is 10.9. The molecule has 192 valence electrons. The highest BCUT2D eigenvalue weighted by atomic mass is 16.5. The summed E-state index contributed by atoms with van der Waals surface area (Å²) in [5.74, 6) is -1.56. The number of aromatic nitrogens is 3. The molecule has 0 aliphatic heterocycles. The van der Waals surface area contributed by atoms with Crippen molar-refractivity contribution in [3.05, 3.63) is 104 Å². The van der Waals surface area contributed by atoms with E-state index in [9.17, 15) is 24.6 Å². The summed E-state index contributed by atoms with van der Waals surface area (Å²) in [5, 5.41) is 29.7. The average Bonchev–Trinajstić information content (AvgIpc) is 3.32. The second kappa shape index (κ2) is 10.9. The molecule has 0 aliphatic rings. The van der Waals surface area contributed by atoms with E-state index in [0.29, 0.717) is 12.0 Å². The molecule has 2 aromatic carbocycles. The molecule has 0 bridgehead atoms. The summed E-state index contributed by atoms with van der Waals surface area (Å²) in [5.41, 5.74) is 0.203. The minimum Gasteiger partial charge on any atom is -0.504 e. The molecule has 2 aromatic heterocycles. The number of amides is 1. The minimum atomic E-state index is -0.905. The molecule has 5 N–H and O–H groups in total. The number of ether oxygens (including phenoxy) is 1. The molecule has 0 aliphatic carbocycles. The van der Waals surface area contributed by atoms with Gasteiger partial charge in [-0.15, -0.1) is 0 Å². The SMILES string of the molecule is COc1cc([C@H](CC(=O)N[C@@H](Cc2ccccc2)c2n[nH]c(=O)[nH]2)c2oc(C)cc(=O)c2O)ccc1O. The lowest BCUT2D eigenvalue weighted by Gasteiger charge is -2.21. The quantitative estimate of drug-likeness (QED) is 0.230. The number of methoxy groups -OCH3 is 1. The number of hydrogen-bond donors (Lipinski definition) is 5. The topological polar surface area (TPSA) is 171 Å². The van der Waals surface area contributed by atoms with Crippen molar-refractivity contribution in [2.75, 3.05) is 7.11 Å². The predicted molar refractivity (Wildman–Crippen MR) is 133 cm³/mol. The first kappa shape index (κ1) is 25.3. The molecule has 4 aromatic rings. The molecule has 4 rings (SSSR count). The highest BCUT2D eigenvalue weighted by molar-refractivity contribution is 5.78. The Hall–Kier alpha value is -4.80. The van der Waals surface area contributed by atoms with Crippen LogP contribution in [0.25, 0.3) is 0 Å². The van der Waals surface area contributed by atoms with Gasteiger partial charge in [0.05, 0.1) is 19.1 Å². The lowest BCUT2D eigenvalue weighted by atomic mass is 9.91. The van der Waals surface area contributed by atoms with E-state index < -0.39 is 34.7 Å². The van der Waals surface area contributed by atoms with E-state index >= 15 is 0 Å². The fourth-order valence-electron chi connectivity index (χ4n) is 4.09. The van der Waals surface area contributed by atoms with Crippen LogP contribution in [0.15, 0.2) is 68.6 Å². The molecule has 37 heavy (non-hydrogen) atoms. The highest BCUT2D eigenvalue weighted by Crippen LogP contribution is 2.37. The van der Waals surface area contributed by atoms with Crippen LogP contribution in [0.4, 0.5) is 0 Å². The van der Waals surface area contributed by atoms with E-state index in [1.807, 2.05) is 30.3 Å². The van der Waals surface area contributed by atoms with Crippen LogP contribution in [0.5, 0.6) is 17.2 Å². The van der Waals surface area contributed by atoms with E-state index in [0.717, 1.165) is 11.6 Å². The standard InChI is InChI=1S/C26H26N4O7/c1-14-10-20(32)23(34)24(37-14)17(16-8-9-19(31)21(12-16)36-2)13-22(33)27-18(25-28-26(35)30-29-25)11-15-6-4-3-5-7-15/h3-10,12,17-18,31,34H,11,13H2,1-2H3,(H,27,33)(H2,28,29,30,35)/t17-,18-/m0/s1. The number of hydrogen-bond acceptors (Lipinski definition) is 8. The van der Waals surface area contributed by atoms with E-state index in [1.54, 1.807) is 13.0 Å². The number of H-pyrrole nitrogens is 2. The number of nitrogens with zero attached hydrogens (tertiary/aromatic N) is 1. The first-order valence-electron chi connectivity index (χ1n) is 11.4. The summed E-state index contributed by atoms with van der Waals surface area (Å²) in [7, 11) is 1.38. The molecular weight excluding hydrogens is 480 g/mol. The third kappa shape index (κ3) is 5.89. The molecule has 0 unspecified atom stereocenters. The molecule has 0 saturated carbocycles. The molecule has 11 heteroatoms. The van der Waals surface area contributed by atoms with Crippen molar-refractivity contribution in [2.45, 2.75) is 31.7 Å². The van der Waals surface area contributed by atoms with Gasteiger partial charge in [-0.25, -0.2) is 9.89 Å². The molecule has 0 saturated heterocycles.